The highest BCUT2D eigenvalue weighted by Crippen LogP contribution is 2.37. The molecule has 1 aliphatic rings. The van der Waals surface area contributed by atoms with E-state index in [1.807, 2.05) is 0 Å². The first-order valence-corrected chi connectivity index (χ1v) is 16.8. The lowest BCUT2D eigenvalue weighted by Gasteiger charge is -2.34. The van der Waals surface area contributed by atoms with Crippen LogP contribution < -0.4 is 23.8 Å². The molecule has 10 nitrogen and oxygen atoms in total. The minimum absolute atomic E-state index is 0.00183. The van der Waals surface area contributed by atoms with Crippen molar-refractivity contribution in [1.82, 2.24) is 10.2 Å². The van der Waals surface area contributed by atoms with Crippen molar-refractivity contribution in [3.05, 3.63) is 77.1 Å². The number of nitrogens with zero attached hydrogens (tertiary/aromatic N) is 2. The Balaban J connectivity index is 1.80. The third-order valence-electron chi connectivity index (χ3n) is 7.99. The summed E-state index contributed by atoms with van der Waals surface area (Å²) >= 11 is 6.32. The quantitative estimate of drug-likeness (QED) is 0.238. The number of benzene rings is 3. The average molecular weight is 676 g/mol. The number of rotatable bonds is 14. The summed E-state index contributed by atoms with van der Waals surface area (Å²) in [4.78, 5) is 29.1. The lowest BCUT2D eigenvalue weighted by atomic mass is 10.1. The van der Waals surface area contributed by atoms with Gasteiger partial charge in [-0.3, -0.25) is 13.9 Å². The maximum Gasteiger partial charge on any atom is 0.265 e. The first-order chi connectivity index (χ1) is 22.0. The van der Waals surface area contributed by atoms with Crippen LogP contribution in [0.2, 0.25) is 5.02 Å². The molecule has 1 unspecified atom stereocenters. The number of carbonyl (C=O) groups is 2. The molecule has 3 aromatic carbocycles. The second kappa shape index (κ2) is 15.5. The predicted molar refractivity (Wildman–Crippen MR) is 174 cm³/mol. The minimum Gasteiger partial charge on any atom is -0.495 e. The zero-order chi connectivity index (χ0) is 33.4. The van der Waals surface area contributed by atoms with Crippen molar-refractivity contribution in [3.8, 4) is 17.2 Å². The van der Waals surface area contributed by atoms with Gasteiger partial charge in [-0.15, -0.1) is 0 Å². The highest BCUT2D eigenvalue weighted by molar-refractivity contribution is 7.92. The molecule has 0 spiro atoms. The van der Waals surface area contributed by atoms with Crippen LogP contribution in [0, 0.1) is 5.82 Å². The van der Waals surface area contributed by atoms with Gasteiger partial charge < -0.3 is 24.4 Å². The fraction of sp³-hybridized carbons (Fsp3) is 0.394. The number of carbonyl (C=O) groups excluding carboxylic acids is 2. The SMILES string of the molecule is CCC(C(=O)NC1CCCC1)N(Cc1ccc(F)cc1)C(=O)CN(c1cc(Cl)ccc1OC)S(=O)(=O)c1ccc(OC)c(OC)c1. The molecule has 0 radical (unpaired) electrons. The summed E-state index contributed by atoms with van der Waals surface area (Å²) in [6.45, 7) is 1.01. The summed E-state index contributed by atoms with van der Waals surface area (Å²) in [7, 11) is -0.299. The highest BCUT2D eigenvalue weighted by Gasteiger charge is 2.36. The van der Waals surface area contributed by atoms with E-state index in [0.717, 1.165) is 30.0 Å². The molecule has 1 aliphatic carbocycles. The molecule has 0 aliphatic heterocycles. The van der Waals surface area contributed by atoms with Crippen LogP contribution >= 0.6 is 11.6 Å². The molecule has 0 saturated heterocycles. The van der Waals surface area contributed by atoms with E-state index in [-0.39, 0.29) is 52.0 Å². The third kappa shape index (κ3) is 8.03. The van der Waals surface area contributed by atoms with E-state index in [9.17, 15) is 22.4 Å². The average Bonchev–Trinajstić information content (AvgIpc) is 3.56. The monoisotopic (exact) mass is 675 g/mol. The summed E-state index contributed by atoms with van der Waals surface area (Å²) in [5, 5.41) is 3.27. The van der Waals surface area contributed by atoms with Gasteiger partial charge >= 0.3 is 0 Å². The van der Waals surface area contributed by atoms with E-state index in [2.05, 4.69) is 5.32 Å². The summed E-state index contributed by atoms with van der Waals surface area (Å²) in [5.74, 6) is -0.817. The molecule has 4 rings (SSSR count). The zero-order valence-electron chi connectivity index (χ0n) is 26.3. The van der Waals surface area contributed by atoms with Crippen LogP contribution in [0.4, 0.5) is 10.1 Å². The molecule has 1 N–H and O–H groups in total. The molecule has 3 aromatic rings. The lowest BCUT2D eigenvalue weighted by Crippen LogP contribution is -2.53. The van der Waals surface area contributed by atoms with Crippen LogP contribution in [0.15, 0.2) is 65.6 Å². The molecule has 0 bridgehead atoms. The number of hydrogen-bond acceptors (Lipinski definition) is 7. The number of nitrogens with one attached hydrogen (secondary N) is 1. The fourth-order valence-electron chi connectivity index (χ4n) is 5.55. The van der Waals surface area contributed by atoms with Gasteiger partial charge in [0.05, 0.1) is 31.9 Å². The van der Waals surface area contributed by atoms with Crippen molar-refractivity contribution in [3.63, 3.8) is 0 Å². The maximum absolute atomic E-state index is 14.4. The van der Waals surface area contributed by atoms with E-state index in [0.29, 0.717) is 11.3 Å². The zero-order valence-corrected chi connectivity index (χ0v) is 27.9. The number of hydrogen-bond donors (Lipinski definition) is 1. The molecule has 1 fully saturated rings. The van der Waals surface area contributed by atoms with E-state index in [1.54, 1.807) is 6.92 Å². The summed E-state index contributed by atoms with van der Waals surface area (Å²) in [6, 6.07) is 13.2. The van der Waals surface area contributed by atoms with Crippen molar-refractivity contribution in [2.45, 2.75) is 62.6 Å². The molecule has 0 aromatic heterocycles. The molecule has 46 heavy (non-hydrogen) atoms. The third-order valence-corrected chi connectivity index (χ3v) is 9.98. The van der Waals surface area contributed by atoms with E-state index in [1.165, 1.54) is 86.9 Å². The van der Waals surface area contributed by atoms with E-state index in [4.69, 9.17) is 25.8 Å². The van der Waals surface area contributed by atoms with Crippen LogP contribution in [0.1, 0.15) is 44.6 Å². The Kier molecular flexibility index (Phi) is 11.7. The Morgan fingerprint density at radius 3 is 2.17 bits per heavy atom. The van der Waals surface area contributed by atoms with Crippen molar-refractivity contribution in [1.29, 1.82) is 0 Å². The van der Waals surface area contributed by atoms with Crippen LogP contribution in [0.5, 0.6) is 17.2 Å². The number of sulfonamides is 1. The lowest BCUT2D eigenvalue weighted by molar-refractivity contribution is -0.140. The van der Waals surface area contributed by atoms with Gasteiger partial charge in [0.1, 0.15) is 24.2 Å². The van der Waals surface area contributed by atoms with Crippen LogP contribution in [-0.2, 0) is 26.2 Å². The number of ether oxygens (including phenoxy) is 3. The second-order valence-corrected chi connectivity index (χ2v) is 13.2. The molecular weight excluding hydrogens is 637 g/mol. The summed E-state index contributed by atoms with van der Waals surface area (Å²) in [5.41, 5.74) is 0.583. The van der Waals surface area contributed by atoms with Gasteiger partial charge in [-0.1, -0.05) is 43.5 Å². The fourth-order valence-corrected chi connectivity index (χ4v) is 7.15. The normalized spacial score (nSPS) is 14.0. The Morgan fingerprint density at radius 1 is 0.935 bits per heavy atom. The Bertz CT molecular complexity index is 1630. The van der Waals surface area contributed by atoms with Gasteiger partial charge in [0, 0.05) is 23.7 Å². The standard InChI is InChI=1S/C33H39ClFN3O7S/c1-5-27(33(40)36-25-8-6-7-9-25)37(20-22-10-13-24(35)14-11-22)32(39)21-38(28-18-23(34)12-16-29(28)43-2)46(41,42)26-15-17-30(44-3)31(19-26)45-4/h10-19,25,27H,5-9,20-21H2,1-4H3,(H,36,40). The maximum atomic E-state index is 14.4. The Morgan fingerprint density at radius 2 is 1.57 bits per heavy atom. The van der Waals surface area contributed by atoms with Gasteiger partial charge in [-0.2, -0.15) is 0 Å². The Hall–Kier alpha value is -4.03. The first-order valence-electron chi connectivity index (χ1n) is 14.9. The van der Waals surface area contributed by atoms with Gasteiger partial charge in [0.15, 0.2) is 11.5 Å². The number of anilines is 1. The minimum atomic E-state index is -4.48. The van der Waals surface area contributed by atoms with E-state index < -0.39 is 34.3 Å². The largest absolute Gasteiger partial charge is 0.495 e. The van der Waals surface area contributed by atoms with Crippen molar-refractivity contribution in [2.24, 2.45) is 0 Å². The van der Waals surface area contributed by atoms with Crippen LogP contribution in [-0.4, -0.2) is 65.1 Å². The number of halogens is 2. The predicted octanol–water partition coefficient (Wildman–Crippen LogP) is 5.57. The van der Waals surface area contributed by atoms with Crippen molar-refractivity contribution >= 4 is 39.1 Å². The molecular formula is C33H39ClFN3O7S. The molecule has 13 heteroatoms. The summed E-state index contributed by atoms with van der Waals surface area (Å²) < 4.78 is 59.5. The molecule has 248 valence electrons. The highest BCUT2D eigenvalue weighted by atomic mass is 35.5. The van der Waals surface area contributed by atoms with Gasteiger partial charge in [-0.25, -0.2) is 12.8 Å². The Labute approximate surface area is 274 Å². The van der Waals surface area contributed by atoms with Gasteiger partial charge in [0.2, 0.25) is 11.8 Å². The van der Waals surface area contributed by atoms with Gasteiger partial charge in [-0.05, 0) is 67.3 Å². The number of methoxy groups -OCH3 is 3. The molecule has 2 amide bonds. The van der Waals surface area contributed by atoms with Crippen LogP contribution in [0.25, 0.3) is 0 Å². The first kappa shape index (κ1) is 34.8. The smallest absolute Gasteiger partial charge is 0.265 e. The van der Waals surface area contributed by atoms with E-state index >= 15 is 0 Å². The topological polar surface area (TPSA) is 114 Å². The van der Waals surface area contributed by atoms with Gasteiger partial charge in [0.25, 0.3) is 10.0 Å². The number of amides is 2. The molecule has 1 atom stereocenters. The molecule has 1 saturated carbocycles. The van der Waals surface area contributed by atoms with Crippen LogP contribution in [0.3, 0.4) is 0 Å². The van der Waals surface area contributed by atoms with Crippen molar-refractivity contribution < 1.29 is 36.6 Å². The second-order valence-electron chi connectivity index (χ2n) is 10.9. The van der Waals surface area contributed by atoms with Crippen molar-refractivity contribution in [2.75, 3.05) is 32.2 Å². The molecule has 0 heterocycles. The summed E-state index contributed by atoms with van der Waals surface area (Å²) in [6.07, 6.45) is 3.96.